The van der Waals surface area contributed by atoms with Crippen LogP contribution in [0.15, 0.2) is 22.8 Å². The molecule has 0 aliphatic heterocycles. The van der Waals surface area contributed by atoms with E-state index in [4.69, 9.17) is 9.15 Å². The molecule has 0 radical (unpaired) electrons. The molecule has 0 bridgehead atoms. The summed E-state index contributed by atoms with van der Waals surface area (Å²) in [5.74, 6) is -0.985. The number of carbonyl (C=O) groups is 3. The van der Waals surface area contributed by atoms with Crippen molar-refractivity contribution < 1.29 is 23.5 Å². The Morgan fingerprint density at radius 2 is 2.00 bits per heavy atom. The van der Waals surface area contributed by atoms with Crippen LogP contribution >= 0.6 is 0 Å². The maximum atomic E-state index is 12.6. The van der Waals surface area contributed by atoms with Crippen molar-refractivity contribution in [3.05, 3.63) is 46.7 Å². The van der Waals surface area contributed by atoms with E-state index in [1.54, 1.807) is 26.8 Å². The van der Waals surface area contributed by atoms with Gasteiger partial charge < -0.3 is 19.0 Å². The summed E-state index contributed by atoms with van der Waals surface area (Å²) >= 11 is 0. The number of hydrogen-bond acceptors (Lipinski definition) is 5. The van der Waals surface area contributed by atoms with Gasteiger partial charge >= 0.3 is 5.97 Å². The number of Topliss-reactive ketones (excluding diaryl/α,β-unsaturated/α-hetero) is 1. The summed E-state index contributed by atoms with van der Waals surface area (Å²) in [5.41, 5.74) is 1.75. The van der Waals surface area contributed by atoms with E-state index >= 15 is 0 Å². The summed E-state index contributed by atoms with van der Waals surface area (Å²) in [4.78, 5) is 40.8. The standard InChI is InChI=1S/C17H20N2O5/c1-5-23-17(22)15-10(2)14(11(3)18-15)12(20)9-19(4)16(21)13-7-6-8-24-13/h6-8,18H,5,9H2,1-4H3. The van der Waals surface area contributed by atoms with Crippen molar-refractivity contribution in [2.75, 3.05) is 20.2 Å². The number of esters is 1. The molecule has 1 amide bonds. The van der Waals surface area contributed by atoms with Crippen LogP contribution in [0.2, 0.25) is 0 Å². The summed E-state index contributed by atoms with van der Waals surface area (Å²) in [6.07, 6.45) is 1.40. The first-order valence-electron chi connectivity index (χ1n) is 7.55. The number of aryl methyl sites for hydroxylation is 1. The SMILES string of the molecule is CCOC(=O)c1[nH]c(C)c(C(=O)CN(C)C(=O)c2ccco2)c1C. The van der Waals surface area contributed by atoms with Gasteiger partial charge in [0.15, 0.2) is 11.5 Å². The largest absolute Gasteiger partial charge is 0.461 e. The average molecular weight is 332 g/mol. The van der Waals surface area contributed by atoms with Crippen LogP contribution in [-0.2, 0) is 4.74 Å². The van der Waals surface area contributed by atoms with Crippen LogP contribution in [0.1, 0.15) is 49.6 Å². The Labute approximate surface area is 139 Å². The van der Waals surface area contributed by atoms with Crippen LogP contribution in [0.3, 0.4) is 0 Å². The second-order valence-corrected chi connectivity index (χ2v) is 5.41. The minimum atomic E-state index is -0.503. The molecule has 2 rings (SSSR count). The first-order valence-corrected chi connectivity index (χ1v) is 7.55. The number of H-pyrrole nitrogens is 1. The predicted molar refractivity (Wildman–Crippen MR) is 86.2 cm³/mol. The molecule has 0 saturated carbocycles. The molecule has 0 atom stereocenters. The number of nitrogens with one attached hydrogen (secondary N) is 1. The molecule has 0 aromatic carbocycles. The number of ether oxygens (including phenoxy) is 1. The van der Waals surface area contributed by atoms with Gasteiger partial charge in [0.2, 0.25) is 0 Å². The van der Waals surface area contributed by atoms with Gasteiger partial charge in [0.25, 0.3) is 5.91 Å². The van der Waals surface area contributed by atoms with Gasteiger partial charge in [-0.25, -0.2) is 4.79 Å². The summed E-state index contributed by atoms with van der Waals surface area (Å²) in [5, 5.41) is 0. The molecule has 0 spiro atoms. The highest BCUT2D eigenvalue weighted by atomic mass is 16.5. The molecule has 2 heterocycles. The molecule has 24 heavy (non-hydrogen) atoms. The Bertz CT molecular complexity index is 758. The van der Waals surface area contributed by atoms with E-state index in [0.717, 1.165) is 0 Å². The minimum absolute atomic E-state index is 0.124. The normalized spacial score (nSPS) is 10.5. The van der Waals surface area contributed by atoms with Crippen molar-refractivity contribution >= 4 is 17.7 Å². The van der Waals surface area contributed by atoms with Gasteiger partial charge in [-0.05, 0) is 38.5 Å². The van der Waals surface area contributed by atoms with Gasteiger partial charge in [-0.1, -0.05) is 0 Å². The summed E-state index contributed by atoms with van der Waals surface area (Å²) in [7, 11) is 1.52. The average Bonchev–Trinajstić information content (AvgIpc) is 3.15. The molecule has 0 fully saturated rings. The molecule has 0 aliphatic carbocycles. The molecule has 2 aromatic rings. The van der Waals surface area contributed by atoms with Crippen molar-refractivity contribution in [3.63, 3.8) is 0 Å². The quantitative estimate of drug-likeness (QED) is 0.647. The summed E-state index contributed by atoms with van der Waals surface area (Å²) < 4.78 is 10.0. The van der Waals surface area contributed by atoms with Crippen LogP contribution < -0.4 is 0 Å². The van der Waals surface area contributed by atoms with Crippen LogP contribution in [0.5, 0.6) is 0 Å². The number of likely N-dealkylation sites (N-methyl/N-ethyl adjacent to an activating group) is 1. The molecule has 128 valence electrons. The highest BCUT2D eigenvalue weighted by Crippen LogP contribution is 2.20. The molecule has 0 saturated heterocycles. The zero-order valence-corrected chi connectivity index (χ0v) is 14.1. The van der Waals surface area contributed by atoms with Crippen molar-refractivity contribution in [1.29, 1.82) is 0 Å². The highest BCUT2D eigenvalue weighted by Gasteiger charge is 2.25. The van der Waals surface area contributed by atoms with Gasteiger partial charge in [0.05, 0.1) is 19.4 Å². The van der Waals surface area contributed by atoms with E-state index in [9.17, 15) is 14.4 Å². The van der Waals surface area contributed by atoms with Crippen molar-refractivity contribution in [3.8, 4) is 0 Å². The van der Waals surface area contributed by atoms with E-state index < -0.39 is 5.97 Å². The fourth-order valence-corrected chi connectivity index (χ4v) is 2.53. The number of rotatable bonds is 6. The fourth-order valence-electron chi connectivity index (χ4n) is 2.53. The Kier molecular flexibility index (Phi) is 5.23. The van der Waals surface area contributed by atoms with Crippen LogP contribution in [-0.4, -0.2) is 47.7 Å². The van der Waals surface area contributed by atoms with Crippen LogP contribution in [0, 0.1) is 13.8 Å². The lowest BCUT2D eigenvalue weighted by Gasteiger charge is -2.15. The lowest BCUT2D eigenvalue weighted by atomic mass is 10.1. The minimum Gasteiger partial charge on any atom is -0.461 e. The number of furan rings is 1. The Balaban J connectivity index is 2.18. The van der Waals surface area contributed by atoms with E-state index in [-0.39, 0.29) is 36.3 Å². The van der Waals surface area contributed by atoms with Gasteiger partial charge in [-0.3, -0.25) is 9.59 Å². The lowest BCUT2D eigenvalue weighted by molar-refractivity contribution is 0.0519. The fraction of sp³-hybridized carbons (Fsp3) is 0.353. The Morgan fingerprint density at radius 3 is 2.58 bits per heavy atom. The number of aromatic nitrogens is 1. The molecule has 0 aliphatic rings. The topological polar surface area (TPSA) is 92.6 Å². The molecular formula is C17H20N2O5. The third-order valence-electron chi connectivity index (χ3n) is 3.66. The van der Waals surface area contributed by atoms with Gasteiger partial charge in [-0.2, -0.15) is 0 Å². The monoisotopic (exact) mass is 332 g/mol. The summed E-state index contributed by atoms with van der Waals surface area (Å²) in [6, 6.07) is 3.14. The first kappa shape index (κ1) is 17.5. The van der Waals surface area contributed by atoms with E-state index in [0.29, 0.717) is 16.8 Å². The number of amides is 1. The number of hydrogen-bond donors (Lipinski definition) is 1. The number of nitrogens with zero attached hydrogens (tertiary/aromatic N) is 1. The third kappa shape index (κ3) is 3.40. The van der Waals surface area contributed by atoms with Gasteiger partial charge in [0.1, 0.15) is 5.69 Å². The van der Waals surface area contributed by atoms with Crippen molar-refractivity contribution in [2.45, 2.75) is 20.8 Å². The van der Waals surface area contributed by atoms with E-state index in [2.05, 4.69) is 4.98 Å². The first-order chi connectivity index (χ1) is 11.4. The van der Waals surface area contributed by atoms with E-state index in [1.807, 2.05) is 0 Å². The van der Waals surface area contributed by atoms with Gasteiger partial charge in [0, 0.05) is 18.3 Å². The molecule has 7 heteroatoms. The Hall–Kier alpha value is -2.83. The van der Waals surface area contributed by atoms with Crippen LogP contribution in [0.25, 0.3) is 0 Å². The van der Waals surface area contributed by atoms with Crippen molar-refractivity contribution in [2.24, 2.45) is 0 Å². The second-order valence-electron chi connectivity index (χ2n) is 5.41. The van der Waals surface area contributed by atoms with E-state index in [1.165, 1.54) is 24.3 Å². The maximum Gasteiger partial charge on any atom is 0.355 e. The molecule has 1 N–H and O–H groups in total. The molecule has 2 aromatic heterocycles. The Morgan fingerprint density at radius 1 is 1.29 bits per heavy atom. The highest BCUT2D eigenvalue weighted by molar-refractivity contribution is 6.05. The molecule has 0 unspecified atom stereocenters. The smallest absolute Gasteiger partial charge is 0.355 e. The molecular weight excluding hydrogens is 312 g/mol. The number of aromatic amines is 1. The van der Waals surface area contributed by atoms with Gasteiger partial charge in [-0.15, -0.1) is 0 Å². The molecule has 7 nitrogen and oxygen atoms in total. The maximum absolute atomic E-state index is 12.6. The van der Waals surface area contributed by atoms with Crippen LogP contribution in [0.4, 0.5) is 0 Å². The predicted octanol–water partition coefficient (Wildman–Crippen LogP) is 2.36. The summed E-state index contributed by atoms with van der Waals surface area (Å²) in [6.45, 7) is 5.22. The lowest BCUT2D eigenvalue weighted by Crippen LogP contribution is -2.32. The number of ketones is 1. The zero-order valence-electron chi connectivity index (χ0n) is 14.1. The van der Waals surface area contributed by atoms with Crippen molar-refractivity contribution in [1.82, 2.24) is 9.88 Å². The number of carbonyl (C=O) groups excluding carboxylic acids is 3. The third-order valence-corrected chi connectivity index (χ3v) is 3.66. The second kappa shape index (κ2) is 7.16. The zero-order chi connectivity index (χ0) is 17.9.